The monoisotopic (exact) mass is 477 g/mol. The van der Waals surface area contributed by atoms with Crippen LogP contribution in [0.1, 0.15) is 25.1 Å². The van der Waals surface area contributed by atoms with E-state index in [0.717, 1.165) is 5.69 Å². The molecule has 0 radical (unpaired) electrons. The van der Waals surface area contributed by atoms with Crippen LogP contribution >= 0.6 is 11.6 Å². The summed E-state index contributed by atoms with van der Waals surface area (Å²) in [4.78, 5) is 19.2. The van der Waals surface area contributed by atoms with Gasteiger partial charge in [-0.1, -0.05) is 30.7 Å². The van der Waals surface area contributed by atoms with Crippen molar-refractivity contribution in [1.29, 1.82) is 5.26 Å². The van der Waals surface area contributed by atoms with Gasteiger partial charge in [-0.3, -0.25) is 9.78 Å². The van der Waals surface area contributed by atoms with E-state index in [-0.39, 0.29) is 5.91 Å². The van der Waals surface area contributed by atoms with Crippen molar-refractivity contribution in [1.82, 2.24) is 9.88 Å². The average Bonchev–Trinajstić information content (AvgIpc) is 2.79. The minimum Gasteiger partial charge on any atom is -0.492 e. The molecule has 3 rings (SSSR count). The SMILES string of the molecule is CCOc1cc2nc(CC)c(C#N)c(Nc3cccc(Cl)c3)c2cc1NC(=O)/C=C/CN(C)C. The fourth-order valence-electron chi connectivity index (χ4n) is 3.48. The summed E-state index contributed by atoms with van der Waals surface area (Å²) in [5, 5.41) is 17.5. The molecule has 0 fully saturated rings. The number of amides is 1. The fraction of sp³-hybridized carbons (Fsp3) is 0.269. The fourth-order valence-corrected chi connectivity index (χ4v) is 3.67. The first-order valence-electron chi connectivity index (χ1n) is 11.0. The van der Waals surface area contributed by atoms with Crippen molar-refractivity contribution in [3.8, 4) is 11.8 Å². The Bertz CT molecular complexity index is 1260. The molecule has 1 aromatic heterocycles. The summed E-state index contributed by atoms with van der Waals surface area (Å²) >= 11 is 6.17. The highest BCUT2D eigenvalue weighted by atomic mass is 35.5. The van der Waals surface area contributed by atoms with Crippen LogP contribution in [0.15, 0.2) is 48.6 Å². The van der Waals surface area contributed by atoms with E-state index >= 15 is 0 Å². The number of nitriles is 1. The molecule has 0 aliphatic carbocycles. The van der Waals surface area contributed by atoms with Crippen molar-refractivity contribution in [3.63, 3.8) is 0 Å². The molecule has 0 unspecified atom stereocenters. The second-order valence-corrected chi connectivity index (χ2v) is 8.30. The zero-order valence-electron chi connectivity index (χ0n) is 19.8. The molecule has 2 aromatic carbocycles. The number of hydrogen-bond acceptors (Lipinski definition) is 6. The van der Waals surface area contributed by atoms with Crippen LogP contribution < -0.4 is 15.4 Å². The lowest BCUT2D eigenvalue weighted by Crippen LogP contribution is -2.13. The van der Waals surface area contributed by atoms with Crippen molar-refractivity contribution in [3.05, 3.63) is 64.8 Å². The Hall–Kier alpha value is -3.60. The van der Waals surface area contributed by atoms with Crippen molar-refractivity contribution in [2.75, 3.05) is 37.9 Å². The summed E-state index contributed by atoms with van der Waals surface area (Å²) in [5.41, 5.74) is 3.62. The number of aryl methyl sites for hydroxylation is 1. The van der Waals surface area contributed by atoms with Crippen molar-refractivity contribution in [2.24, 2.45) is 0 Å². The number of aromatic nitrogens is 1. The van der Waals surface area contributed by atoms with Crippen LogP contribution in [0.25, 0.3) is 10.9 Å². The summed E-state index contributed by atoms with van der Waals surface area (Å²) < 4.78 is 5.80. The second-order valence-electron chi connectivity index (χ2n) is 7.86. The van der Waals surface area contributed by atoms with E-state index in [0.29, 0.717) is 63.9 Å². The molecule has 2 N–H and O–H groups in total. The Labute approximate surface area is 205 Å². The Morgan fingerprint density at radius 3 is 2.71 bits per heavy atom. The summed E-state index contributed by atoms with van der Waals surface area (Å²) in [6.45, 7) is 4.90. The lowest BCUT2D eigenvalue weighted by atomic mass is 10.0. The average molecular weight is 478 g/mol. The number of carbonyl (C=O) groups excluding carboxylic acids is 1. The first-order chi connectivity index (χ1) is 16.4. The number of pyridine rings is 1. The van der Waals surface area contributed by atoms with Gasteiger partial charge in [-0.2, -0.15) is 5.26 Å². The van der Waals surface area contributed by atoms with Crippen molar-refractivity contribution >= 4 is 45.5 Å². The number of ether oxygens (including phenoxy) is 1. The van der Waals surface area contributed by atoms with Crippen LogP contribution in [0.4, 0.5) is 17.1 Å². The van der Waals surface area contributed by atoms with Gasteiger partial charge in [0.25, 0.3) is 0 Å². The van der Waals surface area contributed by atoms with Gasteiger partial charge in [0, 0.05) is 34.8 Å². The first kappa shape index (κ1) is 25.0. The number of nitrogens with zero attached hydrogens (tertiary/aromatic N) is 3. The van der Waals surface area contributed by atoms with Crippen LogP contribution in [0.5, 0.6) is 5.75 Å². The molecule has 0 spiro atoms. The van der Waals surface area contributed by atoms with Gasteiger partial charge in [0.05, 0.1) is 34.8 Å². The van der Waals surface area contributed by atoms with Gasteiger partial charge in [0.15, 0.2) is 0 Å². The van der Waals surface area contributed by atoms with E-state index < -0.39 is 0 Å². The maximum absolute atomic E-state index is 12.6. The Morgan fingerprint density at radius 2 is 2.06 bits per heavy atom. The molecule has 1 amide bonds. The summed E-state index contributed by atoms with van der Waals surface area (Å²) in [6.07, 6.45) is 3.86. The largest absolute Gasteiger partial charge is 0.492 e. The van der Waals surface area contributed by atoms with Gasteiger partial charge in [0.2, 0.25) is 5.91 Å². The third kappa shape index (κ3) is 6.04. The van der Waals surface area contributed by atoms with E-state index in [1.807, 2.05) is 45.0 Å². The molecule has 0 saturated heterocycles. The maximum Gasteiger partial charge on any atom is 0.248 e. The standard InChI is InChI=1S/C26H28ClN5O2/c1-5-21-20(16-28)26(29-18-10-7-9-17(27)13-18)19-14-23(24(34-6-2)15-22(19)30-21)31-25(33)11-8-12-32(3)4/h7-11,13-15H,5-6,12H2,1-4H3,(H,29,30)(H,31,33)/b11-8+. The molecule has 3 aromatic rings. The van der Waals surface area contributed by atoms with E-state index in [1.165, 1.54) is 6.08 Å². The molecule has 0 aliphatic heterocycles. The van der Waals surface area contributed by atoms with Crippen LogP contribution in [0.3, 0.4) is 0 Å². The van der Waals surface area contributed by atoms with E-state index in [9.17, 15) is 10.1 Å². The third-order valence-corrected chi connectivity index (χ3v) is 5.23. The highest BCUT2D eigenvalue weighted by Crippen LogP contribution is 2.37. The number of hydrogen-bond donors (Lipinski definition) is 2. The number of likely N-dealkylation sites (N-methyl/N-ethyl adjacent to an activating group) is 1. The van der Waals surface area contributed by atoms with E-state index in [4.69, 9.17) is 21.3 Å². The number of benzene rings is 2. The number of rotatable bonds is 9. The minimum absolute atomic E-state index is 0.273. The minimum atomic E-state index is -0.273. The quantitative estimate of drug-likeness (QED) is 0.394. The molecule has 0 saturated carbocycles. The molecule has 176 valence electrons. The van der Waals surface area contributed by atoms with Crippen LogP contribution in [-0.2, 0) is 11.2 Å². The van der Waals surface area contributed by atoms with Crippen LogP contribution in [-0.4, -0.2) is 43.0 Å². The lowest BCUT2D eigenvalue weighted by molar-refractivity contribution is -0.111. The number of fused-ring (bicyclic) bond motifs is 1. The highest BCUT2D eigenvalue weighted by molar-refractivity contribution is 6.30. The Kier molecular flexibility index (Phi) is 8.47. The van der Waals surface area contributed by atoms with Gasteiger partial charge in [-0.25, -0.2) is 0 Å². The molecule has 1 heterocycles. The van der Waals surface area contributed by atoms with Crippen molar-refractivity contribution in [2.45, 2.75) is 20.3 Å². The van der Waals surface area contributed by atoms with Gasteiger partial charge in [-0.15, -0.1) is 0 Å². The predicted molar refractivity (Wildman–Crippen MR) is 138 cm³/mol. The van der Waals surface area contributed by atoms with Gasteiger partial charge in [0.1, 0.15) is 11.8 Å². The van der Waals surface area contributed by atoms with Gasteiger partial charge in [-0.05, 0) is 51.7 Å². The third-order valence-electron chi connectivity index (χ3n) is 5.00. The molecular weight excluding hydrogens is 450 g/mol. The van der Waals surface area contributed by atoms with Crippen LogP contribution in [0.2, 0.25) is 5.02 Å². The second kappa shape index (κ2) is 11.5. The Morgan fingerprint density at radius 1 is 1.26 bits per heavy atom. The highest BCUT2D eigenvalue weighted by Gasteiger charge is 2.18. The molecule has 8 heteroatoms. The molecule has 7 nitrogen and oxygen atoms in total. The van der Waals surface area contributed by atoms with Gasteiger partial charge >= 0.3 is 0 Å². The summed E-state index contributed by atoms with van der Waals surface area (Å²) in [6, 6.07) is 13.1. The lowest BCUT2D eigenvalue weighted by Gasteiger charge is -2.17. The van der Waals surface area contributed by atoms with E-state index in [2.05, 4.69) is 16.7 Å². The molecule has 0 aliphatic rings. The molecular formula is C26H28ClN5O2. The van der Waals surface area contributed by atoms with Crippen LogP contribution in [0, 0.1) is 11.3 Å². The molecule has 0 atom stereocenters. The zero-order valence-corrected chi connectivity index (χ0v) is 20.5. The topological polar surface area (TPSA) is 90.3 Å². The Balaban J connectivity index is 2.15. The predicted octanol–water partition coefficient (Wildman–Crippen LogP) is 5.52. The normalized spacial score (nSPS) is 11.1. The molecule has 0 bridgehead atoms. The number of halogens is 1. The summed E-state index contributed by atoms with van der Waals surface area (Å²) in [7, 11) is 3.86. The first-order valence-corrected chi connectivity index (χ1v) is 11.4. The molecule has 34 heavy (non-hydrogen) atoms. The van der Waals surface area contributed by atoms with E-state index in [1.54, 1.807) is 30.3 Å². The van der Waals surface area contributed by atoms with Gasteiger partial charge < -0.3 is 20.3 Å². The zero-order chi connectivity index (χ0) is 24.7. The smallest absolute Gasteiger partial charge is 0.248 e. The number of nitrogens with one attached hydrogen (secondary N) is 2. The number of anilines is 3. The number of carbonyl (C=O) groups is 1. The summed E-state index contributed by atoms with van der Waals surface area (Å²) in [5.74, 6) is 0.238. The maximum atomic E-state index is 12.6. The van der Waals surface area contributed by atoms with Crippen molar-refractivity contribution < 1.29 is 9.53 Å².